The molecule has 0 heterocycles. The van der Waals surface area contributed by atoms with Crippen LogP contribution >= 0.6 is 0 Å². The van der Waals surface area contributed by atoms with Gasteiger partial charge in [-0.3, -0.25) is 4.79 Å². The maximum atomic E-state index is 11.4. The summed E-state index contributed by atoms with van der Waals surface area (Å²) in [6.07, 6.45) is 3.71. The molecule has 1 rings (SSSR count). The van der Waals surface area contributed by atoms with Gasteiger partial charge in [0, 0.05) is 33.2 Å². The van der Waals surface area contributed by atoms with Gasteiger partial charge in [0.1, 0.15) is 19.0 Å². The molecule has 0 fully saturated rings. The summed E-state index contributed by atoms with van der Waals surface area (Å²) < 4.78 is 10.7. The molecule has 3 N–H and O–H groups in total. The van der Waals surface area contributed by atoms with Gasteiger partial charge in [0.05, 0.1) is 12.5 Å². The Morgan fingerprint density at radius 3 is 2.31 bits per heavy atom. The molecule has 0 aliphatic carbocycles. The minimum atomic E-state index is -0.292. The van der Waals surface area contributed by atoms with E-state index in [-0.39, 0.29) is 46.1 Å². The fraction of sp³-hybridized carbons (Fsp3) is 0.524. The van der Waals surface area contributed by atoms with Crippen LogP contribution in [0.3, 0.4) is 0 Å². The molecule has 0 aliphatic rings. The largest absolute Gasteiger partial charge is 0.652 e. The summed E-state index contributed by atoms with van der Waals surface area (Å²) in [7, 11) is 2.95. The van der Waals surface area contributed by atoms with Crippen molar-refractivity contribution in [3.8, 4) is 5.75 Å². The number of benzene rings is 1. The summed E-state index contributed by atoms with van der Waals surface area (Å²) in [6, 6.07) is 6.77. The van der Waals surface area contributed by atoms with E-state index in [4.69, 9.17) is 9.47 Å². The fourth-order valence-electron chi connectivity index (χ4n) is 1.57. The normalized spacial score (nSPS) is 8.55. The third-order valence-electron chi connectivity index (χ3n) is 2.67. The van der Waals surface area contributed by atoms with Crippen LogP contribution in [0.1, 0.15) is 45.0 Å². The molecule has 7 nitrogen and oxygen atoms in total. The SMILES string of the molecule is C/C=C/CNC(=O)COCCOc1cccc(C(=O)[N-]C)c1.CC.CC.CN.[W]. The average molecular weight is 580 g/mol. The van der Waals surface area contributed by atoms with Crippen molar-refractivity contribution in [2.45, 2.75) is 34.6 Å². The van der Waals surface area contributed by atoms with Crippen LogP contribution in [0.25, 0.3) is 5.32 Å². The van der Waals surface area contributed by atoms with Gasteiger partial charge in [0.15, 0.2) is 0 Å². The number of rotatable bonds is 9. The van der Waals surface area contributed by atoms with E-state index < -0.39 is 0 Å². The quantitative estimate of drug-likeness (QED) is 0.344. The zero-order valence-electron chi connectivity index (χ0n) is 18.9. The Balaban J connectivity index is -0.000000407. The van der Waals surface area contributed by atoms with Gasteiger partial charge >= 0.3 is 0 Å². The molecule has 0 saturated carbocycles. The molecule has 0 unspecified atom stereocenters. The van der Waals surface area contributed by atoms with E-state index in [9.17, 15) is 9.59 Å². The maximum absolute atomic E-state index is 11.4. The molecular weight excluding hydrogens is 542 g/mol. The molecule has 0 aromatic heterocycles. The van der Waals surface area contributed by atoms with E-state index in [2.05, 4.69) is 16.4 Å². The smallest absolute Gasteiger partial charge is 0.246 e. The summed E-state index contributed by atoms with van der Waals surface area (Å²) in [4.78, 5) is 22.8. The second-order valence-electron chi connectivity index (χ2n) is 4.33. The first kappa shape index (κ1) is 34.8. The summed E-state index contributed by atoms with van der Waals surface area (Å²) in [5.74, 6) is 0.102. The molecule has 8 heteroatoms. The summed E-state index contributed by atoms with van der Waals surface area (Å²) in [5, 5.41) is 6.27. The predicted octanol–water partition coefficient (Wildman–Crippen LogP) is 3.54. The molecule has 0 saturated heterocycles. The molecule has 1 aromatic carbocycles. The zero-order valence-corrected chi connectivity index (χ0v) is 21.8. The Bertz CT molecular complexity index is 526. The molecule has 0 spiro atoms. The minimum Gasteiger partial charge on any atom is -0.652 e. The molecule has 0 bridgehead atoms. The van der Waals surface area contributed by atoms with Crippen LogP contribution in [-0.4, -0.2) is 52.3 Å². The Kier molecular flexibility index (Phi) is 34.2. The Hall–Kier alpha value is -1.69. The first-order valence-corrected chi connectivity index (χ1v) is 9.57. The van der Waals surface area contributed by atoms with E-state index in [0.717, 1.165) is 0 Å². The van der Waals surface area contributed by atoms with Gasteiger partial charge in [-0.05, 0) is 26.1 Å². The number of hydrogen-bond donors (Lipinski definition) is 2. The fourth-order valence-corrected chi connectivity index (χ4v) is 1.57. The monoisotopic (exact) mass is 580 g/mol. The van der Waals surface area contributed by atoms with Crippen LogP contribution in [0, 0.1) is 0 Å². The van der Waals surface area contributed by atoms with E-state index >= 15 is 0 Å². The van der Waals surface area contributed by atoms with E-state index in [1.165, 1.54) is 14.1 Å². The first-order chi connectivity index (χ1) is 13.7. The van der Waals surface area contributed by atoms with E-state index in [1.54, 1.807) is 24.3 Å². The van der Waals surface area contributed by atoms with Crippen molar-refractivity contribution in [3.05, 3.63) is 47.3 Å². The van der Waals surface area contributed by atoms with Crippen molar-refractivity contribution < 1.29 is 40.1 Å². The first-order valence-electron chi connectivity index (χ1n) is 9.57. The number of carbonyl (C=O) groups is 2. The van der Waals surface area contributed by atoms with Crippen molar-refractivity contribution in [1.29, 1.82) is 0 Å². The number of ether oxygens (including phenoxy) is 2. The number of hydrogen-bond acceptors (Lipinski definition) is 5. The van der Waals surface area contributed by atoms with Gasteiger partial charge in [0.25, 0.3) is 0 Å². The van der Waals surface area contributed by atoms with Gasteiger partial charge in [-0.2, -0.15) is 0 Å². The molecule has 168 valence electrons. The van der Waals surface area contributed by atoms with Gasteiger partial charge in [-0.25, -0.2) is 0 Å². The Morgan fingerprint density at radius 2 is 1.76 bits per heavy atom. The van der Waals surface area contributed by atoms with Crippen molar-refractivity contribution in [3.63, 3.8) is 0 Å². The second kappa shape index (κ2) is 28.5. The summed E-state index contributed by atoms with van der Waals surface area (Å²) in [5.41, 5.74) is 4.98. The van der Waals surface area contributed by atoms with Crippen LogP contribution in [0.5, 0.6) is 5.75 Å². The third-order valence-corrected chi connectivity index (χ3v) is 2.67. The van der Waals surface area contributed by atoms with Gasteiger partial charge in [-0.1, -0.05) is 52.0 Å². The number of nitrogens with two attached hydrogens (primary N) is 1. The molecule has 2 amide bonds. The summed E-state index contributed by atoms with van der Waals surface area (Å²) in [6.45, 7) is 11.0. The van der Waals surface area contributed by atoms with Gasteiger partial charge in [-0.15, -0.1) is 7.05 Å². The number of amides is 2. The standard InChI is InChI=1S/C16H22N2O4.2C2H6.CH5N.W/c1-3-4-8-18-15(19)12-21-9-10-22-14-7-5-6-13(11-14)16(20)17-2;3*1-2;/h3-7,11H,8-10,12H2,1-2H3,(H2,17,18,19,20);2*1-2H3;2H2,1H3;/p-1/b4-3+;;;;. The Labute approximate surface area is 191 Å². The molecular formula is C21H38N3O4W-. The van der Waals surface area contributed by atoms with Crippen molar-refractivity contribution in [2.24, 2.45) is 5.73 Å². The van der Waals surface area contributed by atoms with Crippen molar-refractivity contribution in [2.75, 3.05) is 40.5 Å². The minimum absolute atomic E-state index is 0. The van der Waals surface area contributed by atoms with Crippen LogP contribution in [0.15, 0.2) is 36.4 Å². The van der Waals surface area contributed by atoms with E-state index in [1.807, 2.05) is 46.8 Å². The van der Waals surface area contributed by atoms with Crippen molar-refractivity contribution in [1.82, 2.24) is 5.32 Å². The van der Waals surface area contributed by atoms with Crippen molar-refractivity contribution >= 4 is 11.8 Å². The number of nitrogens with one attached hydrogen (secondary N) is 1. The second-order valence-corrected chi connectivity index (χ2v) is 4.33. The third kappa shape index (κ3) is 20.8. The van der Waals surface area contributed by atoms with Crippen LogP contribution < -0.4 is 15.8 Å². The van der Waals surface area contributed by atoms with E-state index in [0.29, 0.717) is 24.5 Å². The van der Waals surface area contributed by atoms with Crippen LogP contribution in [0.4, 0.5) is 0 Å². The Morgan fingerprint density at radius 1 is 1.14 bits per heavy atom. The maximum Gasteiger partial charge on any atom is 0.246 e. The average Bonchev–Trinajstić information content (AvgIpc) is 2.77. The topological polar surface area (TPSA) is 105 Å². The molecule has 0 radical (unpaired) electrons. The van der Waals surface area contributed by atoms with Crippen LogP contribution in [0.2, 0.25) is 0 Å². The zero-order chi connectivity index (χ0) is 22.2. The van der Waals surface area contributed by atoms with Gasteiger partial charge in [0.2, 0.25) is 5.91 Å². The number of carbonyl (C=O) groups excluding carboxylic acids is 2. The molecule has 0 atom stereocenters. The molecule has 1 aromatic rings. The predicted molar refractivity (Wildman–Crippen MR) is 117 cm³/mol. The number of nitrogens with zero attached hydrogens (tertiary/aromatic N) is 1. The van der Waals surface area contributed by atoms with Crippen LogP contribution in [-0.2, 0) is 30.6 Å². The summed E-state index contributed by atoms with van der Waals surface area (Å²) >= 11 is 0. The number of allylic oxidation sites excluding steroid dienone is 1. The molecule has 0 aliphatic heterocycles. The molecule has 29 heavy (non-hydrogen) atoms. The van der Waals surface area contributed by atoms with Gasteiger partial charge < -0.3 is 30.6 Å².